The van der Waals surface area contributed by atoms with Crippen molar-refractivity contribution in [3.05, 3.63) is 40.6 Å². The van der Waals surface area contributed by atoms with Crippen molar-refractivity contribution < 1.29 is 9.53 Å². The second kappa shape index (κ2) is 6.81. The number of anilines is 1. The van der Waals surface area contributed by atoms with Gasteiger partial charge in [0, 0.05) is 24.7 Å². The lowest BCUT2D eigenvalue weighted by Crippen LogP contribution is -2.43. The molecule has 2 unspecified atom stereocenters. The normalized spacial score (nSPS) is 25.0. The molecule has 2 fully saturated rings. The Labute approximate surface area is 152 Å². The molecule has 0 spiro atoms. The number of carbonyl (C=O) groups excluding carboxylic acids is 1. The first-order valence-corrected chi connectivity index (χ1v) is 9.88. The van der Waals surface area contributed by atoms with Crippen LogP contribution < -0.4 is 10.2 Å². The molecule has 4 rings (SSSR count). The lowest BCUT2D eigenvalue weighted by molar-refractivity contribution is 0.0730. The molecule has 25 heavy (non-hydrogen) atoms. The first-order chi connectivity index (χ1) is 12.1. The number of nitrogens with one attached hydrogen (secondary N) is 1. The number of ether oxygens (including phenoxy) is 1. The van der Waals surface area contributed by atoms with Crippen molar-refractivity contribution in [2.75, 3.05) is 11.9 Å². The topological polar surface area (TPSA) is 41.6 Å². The number of aryl methyl sites for hydroxylation is 1. The van der Waals surface area contributed by atoms with Crippen LogP contribution in [0.15, 0.2) is 35.0 Å². The van der Waals surface area contributed by atoms with Gasteiger partial charge < -0.3 is 10.1 Å². The van der Waals surface area contributed by atoms with Crippen molar-refractivity contribution in [3.8, 4) is 11.1 Å². The molecule has 3 heterocycles. The van der Waals surface area contributed by atoms with Crippen molar-refractivity contribution >= 4 is 23.1 Å². The summed E-state index contributed by atoms with van der Waals surface area (Å²) in [7, 11) is 1.80. The number of fused-ring (bicyclic) bond motifs is 2. The zero-order chi connectivity index (χ0) is 17.4. The van der Waals surface area contributed by atoms with E-state index in [9.17, 15) is 4.79 Å². The van der Waals surface area contributed by atoms with E-state index in [0.29, 0.717) is 12.1 Å². The van der Waals surface area contributed by atoms with E-state index in [1.54, 1.807) is 23.3 Å². The van der Waals surface area contributed by atoms with E-state index < -0.39 is 0 Å². The summed E-state index contributed by atoms with van der Waals surface area (Å²) in [6.45, 7) is 2.07. The highest BCUT2D eigenvalue weighted by Crippen LogP contribution is 2.34. The molecule has 1 aromatic heterocycles. The SMILES string of the molecule is Cc1ccc(N(C)C(=O)OC2CC3CCC(C2)N3)c(-c2ccsc2)c1. The number of amides is 1. The maximum atomic E-state index is 12.7. The van der Waals surface area contributed by atoms with E-state index in [4.69, 9.17) is 4.74 Å². The minimum Gasteiger partial charge on any atom is -0.446 e. The van der Waals surface area contributed by atoms with Gasteiger partial charge in [-0.1, -0.05) is 11.6 Å². The number of benzene rings is 1. The van der Waals surface area contributed by atoms with Gasteiger partial charge in [-0.2, -0.15) is 11.3 Å². The van der Waals surface area contributed by atoms with Crippen LogP contribution in [0.4, 0.5) is 10.5 Å². The van der Waals surface area contributed by atoms with Crippen LogP contribution in [0.25, 0.3) is 11.1 Å². The second-order valence-corrected chi connectivity index (χ2v) is 7.99. The van der Waals surface area contributed by atoms with E-state index >= 15 is 0 Å². The van der Waals surface area contributed by atoms with Gasteiger partial charge in [-0.25, -0.2) is 4.79 Å². The lowest BCUT2D eigenvalue weighted by atomic mass is 10.0. The smallest absolute Gasteiger partial charge is 0.414 e. The monoisotopic (exact) mass is 356 g/mol. The van der Waals surface area contributed by atoms with Crippen LogP contribution in [0.2, 0.25) is 0 Å². The average molecular weight is 356 g/mol. The van der Waals surface area contributed by atoms with E-state index in [1.165, 1.54) is 18.4 Å². The maximum absolute atomic E-state index is 12.7. The number of thiophene rings is 1. The fourth-order valence-corrected chi connectivity index (χ4v) is 4.67. The Kier molecular flexibility index (Phi) is 4.52. The van der Waals surface area contributed by atoms with Gasteiger partial charge in [0.05, 0.1) is 5.69 Å². The van der Waals surface area contributed by atoms with E-state index in [0.717, 1.165) is 29.7 Å². The van der Waals surface area contributed by atoms with Gasteiger partial charge in [0.15, 0.2) is 0 Å². The molecule has 2 bridgehead atoms. The molecular weight excluding hydrogens is 332 g/mol. The number of rotatable bonds is 3. The molecule has 0 saturated carbocycles. The second-order valence-electron chi connectivity index (χ2n) is 7.21. The quantitative estimate of drug-likeness (QED) is 0.875. The predicted molar refractivity (Wildman–Crippen MR) is 102 cm³/mol. The molecule has 1 aromatic carbocycles. The summed E-state index contributed by atoms with van der Waals surface area (Å²) < 4.78 is 5.84. The molecule has 132 valence electrons. The van der Waals surface area contributed by atoms with Crippen LogP contribution in [0.1, 0.15) is 31.2 Å². The predicted octanol–water partition coefficient (Wildman–Crippen LogP) is 4.58. The molecule has 0 radical (unpaired) electrons. The molecule has 2 saturated heterocycles. The van der Waals surface area contributed by atoms with E-state index in [1.807, 2.05) is 12.1 Å². The van der Waals surface area contributed by atoms with Crippen molar-refractivity contribution in [1.82, 2.24) is 5.32 Å². The highest BCUT2D eigenvalue weighted by atomic mass is 32.1. The van der Waals surface area contributed by atoms with Gasteiger partial charge in [0.2, 0.25) is 0 Å². The summed E-state index contributed by atoms with van der Waals surface area (Å²) >= 11 is 1.66. The third-order valence-electron chi connectivity index (χ3n) is 5.32. The molecule has 2 aromatic rings. The number of hydrogen-bond acceptors (Lipinski definition) is 4. The molecule has 2 aliphatic heterocycles. The number of hydrogen-bond donors (Lipinski definition) is 1. The van der Waals surface area contributed by atoms with Crippen molar-refractivity contribution in [3.63, 3.8) is 0 Å². The largest absolute Gasteiger partial charge is 0.446 e. The first kappa shape index (κ1) is 16.6. The molecule has 2 aliphatic rings. The average Bonchev–Trinajstić information content (AvgIpc) is 3.24. The van der Waals surface area contributed by atoms with Crippen molar-refractivity contribution in [2.24, 2.45) is 0 Å². The van der Waals surface area contributed by atoms with Crippen LogP contribution >= 0.6 is 11.3 Å². The third kappa shape index (κ3) is 3.44. The maximum Gasteiger partial charge on any atom is 0.414 e. The van der Waals surface area contributed by atoms with Gasteiger partial charge in [0.25, 0.3) is 0 Å². The van der Waals surface area contributed by atoms with Crippen molar-refractivity contribution in [2.45, 2.75) is 50.8 Å². The first-order valence-electron chi connectivity index (χ1n) is 8.94. The zero-order valence-corrected chi connectivity index (χ0v) is 15.5. The molecule has 4 nitrogen and oxygen atoms in total. The molecule has 2 atom stereocenters. The number of piperidine rings is 1. The zero-order valence-electron chi connectivity index (χ0n) is 14.7. The summed E-state index contributed by atoms with van der Waals surface area (Å²) in [5, 5.41) is 7.76. The Morgan fingerprint density at radius 1 is 1.24 bits per heavy atom. The van der Waals surface area contributed by atoms with Gasteiger partial charge in [-0.15, -0.1) is 0 Å². The van der Waals surface area contributed by atoms with E-state index in [2.05, 4.69) is 35.1 Å². The fraction of sp³-hybridized carbons (Fsp3) is 0.450. The highest BCUT2D eigenvalue weighted by Gasteiger charge is 2.35. The molecule has 1 amide bonds. The number of carbonyl (C=O) groups is 1. The fourth-order valence-electron chi connectivity index (χ4n) is 4.01. The standard InChI is InChI=1S/C20H24N2O2S/c1-13-3-6-19(18(9-13)14-7-8-25-12-14)22(2)20(23)24-17-10-15-4-5-16(11-17)21-15/h3,6-9,12,15-17,21H,4-5,10-11H2,1-2H3. The Morgan fingerprint density at radius 3 is 2.68 bits per heavy atom. The summed E-state index contributed by atoms with van der Waals surface area (Å²) in [6, 6.07) is 9.30. The van der Waals surface area contributed by atoms with Crippen LogP contribution in [0, 0.1) is 6.92 Å². The third-order valence-corrected chi connectivity index (χ3v) is 6.00. The molecule has 0 aliphatic carbocycles. The minimum absolute atomic E-state index is 0.0312. The molecule has 5 heteroatoms. The Balaban J connectivity index is 1.52. The minimum atomic E-state index is -0.258. The summed E-state index contributed by atoms with van der Waals surface area (Å²) in [4.78, 5) is 14.4. The highest BCUT2D eigenvalue weighted by molar-refractivity contribution is 7.08. The molecular formula is C20H24N2O2S. The van der Waals surface area contributed by atoms with Crippen LogP contribution in [-0.2, 0) is 4.74 Å². The summed E-state index contributed by atoms with van der Waals surface area (Å²) in [6.07, 6.45) is 4.04. The number of nitrogens with zero attached hydrogens (tertiary/aromatic N) is 1. The van der Waals surface area contributed by atoms with Crippen LogP contribution in [0.5, 0.6) is 0 Å². The van der Waals surface area contributed by atoms with Gasteiger partial charge >= 0.3 is 6.09 Å². The lowest BCUT2D eigenvalue weighted by Gasteiger charge is -2.30. The molecule has 1 N–H and O–H groups in total. The summed E-state index contributed by atoms with van der Waals surface area (Å²) in [5.41, 5.74) is 4.29. The van der Waals surface area contributed by atoms with E-state index in [-0.39, 0.29) is 12.2 Å². The Morgan fingerprint density at radius 2 is 2.00 bits per heavy atom. The Hall–Kier alpha value is -1.85. The summed E-state index contributed by atoms with van der Waals surface area (Å²) in [5.74, 6) is 0. The van der Waals surface area contributed by atoms with Gasteiger partial charge in [-0.3, -0.25) is 4.90 Å². The van der Waals surface area contributed by atoms with Crippen LogP contribution in [0.3, 0.4) is 0 Å². The Bertz CT molecular complexity index is 747. The van der Waals surface area contributed by atoms with Crippen molar-refractivity contribution in [1.29, 1.82) is 0 Å². The van der Waals surface area contributed by atoms with Gasteiger partial charge in [0.1, 0.15) is 6.10 Å². The van der Waals surface area contributed by atoms with Crippen LogP contribution in [-0.4, -0.2) is 31.3 Å². The van der Waals surface area contributed by atoms with Gasteiger partial charge in [-0.05, 0) is 67.1 Å².